The molecule has 5 heteroatoms. The van der Waals surface area contributed by atoms with E-state index in [1.54, 1.807) is 34.6 Å². The van der Waals surface area contributed by atoms with Gasteiger partial charge in [0.2, 0.25) is 0 Å². The molecule has 0 aromatic carbocycles. The number of hydrogen-bond acceptors (Lipinski definition) is 4. The largest absolute Gasteiger partial charge is 0.461 e. The second-order valence-electron chi connectivity index (χ2n) is 5.02. The first-order valence-corrected chi connectivity index (χ1v) is 5.85. The van der Waals surface area contributed by atoms with E-state index < -0.39 is 23.7 Å². The van der Waals surface area contributed by atoms with Crippen LogP contribution in [-0.4, -0.2) is 29.8 Å². The number of nitrogens with one attached hydrogen (secondary N) is 1. The maximum Gasteiger partial charge on any atom is 0.408 e. The number of ether oxygens (including phenoxy) is 2. The summed E-state index contributed by atoms with van der Waals surface area (Å²) in [5.74, 6) is -0.454. The minimum Gasteiger partial charge on any atom is -0.461 e. The highest BCUT2D eigenvalue weighted by molar-refractivity contribution is 5.81. The molecule has 100 valence electrons. The number of amides is 1. The first-order valence-electron chi connectivity index (χ1n) is 5.85. The van der Waals surface area contributed by atoms with Crippen molar-refractivity contribution in [2.24, 2.45) is 0 Å². The molecule has 0 saturated carbocycles. The molecule has 0 aliphatic rings. The lowest BCUT2D eigenvalue weighted by Crippen LogP contribution is -2.43. The molecule has 0 aliphatic heterocycles. The van der Waals surface area contributed by atoms with Gasteiger partial charge in [-0.15, -0.1) is 0 Å². The summed E-state index contributed by atoms with van der Waals surface area (Å²) >= 11 is 0. The molecule has 0 radical (unpaired) electrons. The molecular weight excluding hydrogens is 222 g/mol. The lowest BCUT2D eigenvalue weighted by Gasteiger charge is -2.22. The van der Waals surface area contributed by atoms with Crippen LogP contribution >= 0.6 is 0 Å². The van der Waals surface area contributed by atoms with Gasteiger partial charge in [-0.3, -0.25) is 0 Å². The van der Waals surface area contributed by atoms with Gasteiger partial charge in [0.25, 0.3) is 0 Å². The lowest BCUT2D eigenvalue weighted by molar-refractivity contribution is -0.150. The van der Waals surface area contributed by atoms with E-state index in [0.717, 1.165) is 6.42 Å². The summed E-state index contributed by atoms with van der Waals surface area (Å²) in [5.41, 5.74) is -0.579. The Kier molecular flexibility index (Phi) is 5.99. The molecule has 0 spiro atoms. The first kappa shape index (κ1) is 15.7. The van der Waals surface area contributed by atoms with E-state index in [1.165, 1.54) is 0 Å². The average Bonchev–Trinajstić information content (AvgIpc) is 2.14. The van der Waals surface area contributed by atoms with Gasteiger partial charge >= 0.3 is 12.1 Å². The Bertz CT molecular complexity index is 270. The Hall–Kier alpha value is -1.26. The zero-order chi connectivity index (χ0) is 13.6. The number of carbonyl (C=O) groups is 2. The summed E-state index contributed by atoms with van der Waals surface area (Å²) in [7, 11) is 0. The minimum absolute atomic E-state index is 0.148. The molecule has 2 atom stereocenters. The van der Waals surface area contributed by atoms with Crippen molar-refractivity contribution in [1.29, 1.82) is 0 Å². The lowest BCUT2D eigenvalue weighted by atomic mass is 10.2. The average molecular weight is 245 g/mol. The predicted octanol–water partition coefficient (Wildman–Crippen LogP) is 2.24. The van der Waals surface area contributed by atoms with E-state index in [9.17, 15) is 9.59 Å². The van der Waals surface area contributed by atoms with E-state index in [1.807, 2.05) is 6.92 Å². The SMILES string of the molecule is CC[C@@H](C)OC(=O)C(C)NC(=O)OC(C)(C)C. The van der Waals surface area contributed by atoms with E-state index >= 15 is 0 Å². The summed E-state index contributed by atoms with van der Waals surface area (Å²) in [6, 6.07) is -0.709. The van der Waals surface area contributed by atoms with Gasteiger partial charge < -0.3 is 14.8 Å². The van der Waals surface area contributed by atoms with Gasteiger partial charge in [-0.05, 0) is 41.0 Å². The van der Waals surface area contributed by atoms with Gasteiger partial charge in [0.05, 0.1) is 6.10 Å². The first-order chi connectivity index (χ1) is 7.65. The molecule has 5 nitrogen and oxygen atoms in total. The Morgan fingerprint density at radius 2 is 1.76 bits per heavy atom. The van der Waals surface area contributed by atoms with Gasteiger partial charge in [0.15, 0.2) is 0 Å². The Labute approximate surface area is 103 Å². The molecule has 0 bridgehead atoms. The van der Waals surface area contributed by atoms with Crippen LogP contribution in [0, 0.1) is 0 Å². The van der Waals surface area contributed by atoms with Crippen LogP contribution in [0.15, 0.2) is 0 Å². The molecule has 17 heavy (non-hydrogen) atoms. The van der Waals surface area contributed by atoms with Crippen LogP contribution in [0.4, 0.5) is 4.79 Å². The molecule has 1 amide bonds. The number of alkyl carbamates (subject to hydrolysis) is 1. The Balaban J connectivity index is 4.12. The standard InChI is InChI=1S/C12H23NO4/c1-7-8(2)16-10(14)9(3)13-11(15)17-12(4,5)6/h8-9H,7H2,1-6H3,(H,13,15)/t8-,9?/m1/s1. The zero-order valence-corrected chi connectivity index (χ0v) is 11.5. The maximum absolute atomic E-state index is 11.5. The monoisotopic (exact) mass is 245 g/mol. The van der Waals surface area contributed by atoms with Gasteiger partial charge in [-0.2, -0.15) is 0 Å². The predicted molar refractivity (Wildman–Crippen MR) is 64.7 cm³/mol. The summed E-state index contributed by atoms with van der Waals surface area (Å²) in [5, 5.41) is 2.43. The van der Waals surface area contributed by atoms with E-state index in [-0.39, 0.29) is 6.10 Å². The molecule has 0 rings (SSSR count). The van der Waals surface area contributed by atoms with E-state index in [4.69, 9.17) is 9.47 Å². The number of esters is 1. The fourth-order valence-electron chi connectivity index (χ4n) is 0.927. The Morgan fingerprint density at radius 1 is 1.24 bits per heavy atom. The third kappa shape index (κ3) is 7.60. The quantitative estimate of drug-likeness (QED) is 0.771. The highest BCUT2D eigenvalue weighted by Crippen LogP contribution is 2.07. The third-order valence-corrected chi connectivity index (χ3v) is 1.98. The van der Waals surface area contributed by atoms with Crippen LogP contribution in [0.5, 0.6) is 0 Å². The summed E-state index contributed by atoms with van der Waals surface area (Å²) in [6.07, 6.45) is -0.0262. The van der Waals surface area contributed by atoms with Crippen LogP contribution in [0.2, 0.25) is 0 Å². The molecule has 0 fully saturated rings. The molecule has 0 aromatic rings. The summed E-state index contributed by atoms with van der Waals surface area (Å²) < 4.78 is 10.1. The molecule has 1 unspecified atom stereocenters. The third-order valence-electron chi connectivity index (χ3n) is 1.98. The van der Waals surface area contributed by atoms with Crippen molar-refractivity contribution in [2.75, 3.05) is 0 Å². The van der Waals surface area contributed by atoms with Gasteiger partial charge in [-0.1, -0.05) is 6.92 Å². The van der Waals surface area contributed by atoms with E-state index in [2.05, 4.69) is 5.32 Å². The zero-order valence-electron chi connectivity index (χ0n) is 11.5. The number of hydrogen-bond donors (Lipinski definition) is 1. The molecule has 0 saturated heterocycles. The van der Waals surface area contributed by atoms with Gasteiger partial charge in [0, 0.05) is 0 Å². The van der Waals surface area contributed by atoms with Crippen molar-refractivity contribution in [3.63, 3.8) is 0 Å². The van der Waals surface area contributed by atoms with Crippen LogP contribution in [-0.2, 0) is 14.3 Å². The van der Waals surface area contributed by atoms with Gasteiger partial charge in [-0.25, -0.2) is 9.59 Å². The fourth-order valence-corrected chi connectivity index (χ4v) is 0.927. The van der Waals surface area contributed by atoms with Crippen LogP contribution < -0.4 is 5.32 Å². The van der Waals surface area contributed by atoms with E-state index in [0.29, 0.717) is 0 Å². The topological polar surface area (TPSA) is 64.6 Å². The molecule has 1 N–H and O–H groups in total. The van der Waals surface area contributed by atoms with Gasteiger partial charge in [0.1, 0.15) is 11.6 Å². The second-order valence-corrected chi connectivity index (χ2v) is 5.02. The number of rotatable bonds is 4. The minimum atomic E-state index is -0.709. The van der Waals surface area contributed by atoms with Crippen LogP contribution in [0.3, 0.4) is 0 Å². The normalized spacial score (nSPS) is 14.7. The summed E-state index contributed by atoms with van der Waals surface area (Å²) in [6.45, 7) is 10.6. The molecular formula is C12H23NO4. The van der Waals surface area contributed by atoms with Crippen molar-refractivity contribution in [3.8, 4) is 0 Å². The smallest absolute Gasteiger partial charge is 0.408 e. The van der Waals surface area contributed by atoms with Crippen molar-refractivity contribution < 1.29 is 19.1 Å². The summed E-state index contributed by atoms with van der Waals surface area (Å²) in [4.78, 5) is 22.9. The highest BCUT2D eigenvalue weighted by Gasteiger charge is 2.22. The number of carbonyl (C=O) groups excluding carboxylic acids is 2. The highest BCUT2D eigenvalue weighted by atomic mass is 16.6. The molecule has 0 heterocycles. The maximum atomic E-state index is 11.5. The molecule has 0 aromatic heterocycles. The second kappa shape index (κ2) is 6.47. The van der Waals surface area contributed by atoms with Crippen molar-refractivity contribution in [2.45, 2.75) is 65.7 Å². The van der Waals surface area contributed by atoms with Crippen molar-refractivity contribution in [1.82, 2.24) is 5.32 Å². The fraction of sp³-hybridized carbons (Fsp3) is 0.833. The van der Waals surface area contributed by atoms with Crippen LogP contribution in [0.1, 0.15) is 48.0 Å². The van der Waals surface area contributed by atoms with Crippen molar-refractivity contribution >= 4 is 12.1 Å². The Morgan fingerprint density at radius 3 is 2.18 bits per heavy atom. The molecule has 0 aliphatic carbocycles. The van der Waals surface area contributed by atoms with Crippen molar-refractivity contribution in [3.05, 3.63) is 0 Å². The van der Waals surface area contributed by atoms with Crippen LogP contribution in [0.25, 0.3) is 0 Å².